The molecule has 0 bridgehead atoms. The lowest BCUT2D eigenvalue weighted by Crippen LogP contribution is -2.26. The second kappa shape index (κ2) is 10.2. The Labute approximate surface area is 147 Å². The third kappa shape index (κ3) is 6.79. The summed E-state index contributed by atoms with van der Waals surface area (Å²) < 4.78 is 11.1. The fraction of sp³-hybridized carbons (Fsp3) is 0.524. The summed E-state index contributed by atoms with van der Waals surface area (Å²) in [5, 5.41) is 9.60. The van der Waals surface area contributed by atoms with Gasteiger partial charge < -0.3 is 14.6 Å². The zero-order valence-electron chi connectivity index (χ0n) is 15.5. The predicted octanol–water partition coefficient (Wildman–Crippen LogP) is 5.59. The van der Waals surface area contributed by atoms with Gasteiger partial charge in [-0.15, -0.1) is 6.58 Å². The minimum atomic E-state index is -0.287. The van der Waals surface area contributed by atoms with Crippen LogP contribution in [0.4, 0.5) is 0 Å². The van der Waals surface area contributed by atoms with Crippen molar-refractivity contribution >= 4 is 6.08 Å². The lowest BCUT2D eigenvalue weighted by atomic mass is 9.94. The third-order valence-corrected chi connectivity index (χ3v) is 4.52. The number of phenolic OH excluding ortho intramolecular Hbond substituents is 1. The first-order valence-electron chi connectivity index (χ1n) is 8.75. The summed E-state index contributed by atoms with van der Waals surface area (Å²) in [5.74, 6) is 1.38. The second-order valence-electron chi connectivity index (χ2n) is 6.57. The van der Waals surface area contributed by atoms with Crippen molar-refractivity contribution in [2.24, 2.45) is 5.92 Å². The summed E-state index contributed by atoms with van der Waals surface area (Å²) in [5.41, 5.74) is 0.676. The Morgan fingerprint density at radius 2 is 2.12 bits per heavy atom. The zero-order chi connectivity index (χ0) is 18.0. The molecule has 0 aliphatic rings. The van der Waals surface area contributed by atoms with Crippen LogP contribution in [0.2, 0.25) is 0 Å². The molecule has 0 saturated carbocycles. The van der Waals surface area contributed by atoms with Crippen LogP contribution in [-0.2, 0) is 4.74 Å². The molecule has 2 unspecified atom stereocenters. The first kappa shape index (κ1) is 20.3. The van der Waals surface area contributed by atoms with E-state index < -0.39 is 0 Å². The molecule has 0 radical (unpaired) electrons. The number of phenols is 1. The van der Waals surface area contributed by atoms with Crippen molar-refractivity contribution in [3.05, 3.63) is 42.5 Å². The third-order valence-electron chi connectivity index (χ3n) is 4.52. The van der Waals surface area contributed by atoms with Crippen LogP contribution in [0.3, 0.4) is 0 Å². The molecule has 0 aliphatic carbocycles. The molecule has 0 saturated heterocycles. The van der Waals surface area contributed by atoms with Crippen molar-refractivity contribution in [3.63, 3.8) is 0 Å². The van der Waals surface area contributed by atoms with E-state index in [9.17, 15) is 5.11 Å². The number of hydrogen-bond acceptors (Lipinski definition) is 3. The smallest absolute Gasteiger partial charge is 0.161 e. The van der Waals surface area contributed by atoms with Crippen molar-refractivity contribution < 1.29 is 14.6 Å². The van der Waals surface area contributed by atoms with Gasteiger partial charge in [0.2, 0.25) is 0 Å². The van der Waals surface area contributed by atoms with Gasteiger partial charge in [0, 0.05) is 0 Å². The Morgan fingerprint density at radius 3 is 2.75 bits per heavy atom. The Kier molecular flexibility index (Phi) is 8.62. The predicted molar refractivity (Wildman–Crippen MR) is 102 cm³/mol. The Hall–Kier alpha value is -1.74. The summed E-state index contributed by atoms with van der Waals surface area (Å²) in [6.45, 7) is 11.1. The molecule has 1 N–H and O–H groups in total. The number of ether oxygens (including phenoxy) is 2. The molecule has 134 valence electrons. The molecule has 2 atom stereocenters. The summed E-state index contributed by atoms with van der Waals surface area (Å²) in [6.07, 6.45) is 10.4. The summed E-state index contributed by atoms with van der Waals surface area (Å²) in [7, 11) is 1.54. The van der Waals surface area contributed by atoms with E-state index in [0.29, 0.717) is 12.4 Å². The minimum Gasteiger partial charge on any atom is -0.504 e. The highest BCUT2D eigenvalue weighted by atomic mass is 16.5. The molecular weight excluding hydrogens is 300 g/mol. The molecule has 1 aromatic carbocycles. The highest BCUT2D eigenvalue weighted by molar-refractivity contribution is 5.55. The van der Waals surface area contributed by atoms with Crippen LogP contribution >= 0.6 is 0 Å². The molecule has 0 aromatic heterocycles. The summed E-state index contributed by atoms with van der Waals surface area (Å²) in [4.78, 5) is 0. The second-order valence-corrected chi connectivity index (χ2v) is 6.57. The van der Waals surface area contributed by atoms with E-state index >= 15 is 0 Å². The first-order valence-corrected chi connectivity index (χ1v) is 8.75. The molecule has 0 spiro atoms. The highest BCUT2D eigenvalue weighted by Crippen LogP contribution is 2.27. The minimum absolute atomic E-state index is 0.145. The molecular formula is C21H32O3. The van der Waals surface area contributed by atoms with Crippen molar-refractivity contribution in [1.29, 1.82) is 0 Å². The van der Waals surface area contributed by atoms with Crippen molar-refractivity contribution in [2.45, 2.75) is 52.1 Å². The first-order chi connectivity index (χ1) is 11.4. The maximum absolute atomic E-state index is 9.60. The normalized spacial score (nSPS) is 15.2. The maximum atomic E-state index is 9.60. The molecule has 0 heterocycles. The molecule has 24 heavy (non-hydrogen) atoms. The van der Waals surface area contributed by atoms with Gasteiger partial charge in [0.15, 0.2) is 11.5 Å². The monoisotopic (exact) mass is 332 g/mol. The van der Waals surface area contributed by atoms with Gasteiger partial charge in [-0.25, -0.2) is 0 Å². The van der Waals surface area contributed by atoms with Crippen LogP contribution in [0.15, 0.2) is 36.9 Å². The number of benzene rings is 1. The Bertz CT molecular complexity index is 536. The van der Waals surface area contributed by atoms with Crippen molar-refractivity contribution in [1.82, 2.24) is 0 Å². The van der Waals surface area contributed by atoms with Gasteiger partial charge in [-0.05, 0) is 43.4 Å². The van der Waals surface area contributed by atoms with Gasteiger partial charge in [0.25, 0.3) is 0 Å². The SMILES string of the molecule is C=CC(C)(CCCC(C)CC)OC/C=C/c1ccc(O)c(OC)c1. The molecule has 0 fully saturated rings. The van der Waals surface area contributed by atoms with E-state index in [2.05, 4.69) is 27.4 Å². The standard InChI is InChI=1S/C21H32O3/c1-6-17(3)10-8-14-21(4,7-2)24-15-9-11-18-12-13-19(22)20(16-18)23-5/h7,9,11-13,16-17,22H,2,6,8,10,14-15H2,1,3-5H3/b11-9+. The van der Waals surface area contributed by atoms with Crippen LogP contribution in [-0.4, -0.2) is 24.4 Å². The lowest BCUT2D eigenvalue weighted by Gasteiger charge is -2.26. The van der Waals surface area contributed by atoms with Crippen LogP contribution in [0.25, 0.3) is 6.08 Å². The summed E-state index contributed by atoms with van der Waals surface area (Å²) >= 11 is 0. The largest absolute Gasteiger partial charge is 0.504 e. The Balaban J connectivity index is 2.49. The topological polar surface area (TPSA) is 38.7 Å². The molecule has 0 aliphatic heterocycles. The molecule has 3 heteroatoms. The maximum Gasteiger partial charge on any atom is 0.161 e. The van der Waals surface area contributed by atoms with Crippen LogP contribution in [0.1, 0.15) is 52.0 Å². The fourth-order valence-corrected chi connectivity index (χ4v) is 2.46. The van der Waals surface area contributed by atoms with Gasteiger partial charge in [0.05, 0.1) is 19.3 Å². The van der Waals surface area contributed by atoms with Gasteiger partial charge in [-0.2, -0.15) is 0 Å². The number of hydrogen-bond donors (Lipinski definition) is 1. The van der Waals surface area contributed by atoms with E-state index in [1.165, 1.54) is 12.8 Å². The fourth-order valence-electron chi connectivity index (χ4n) is 2.46. The van der Waals surface area contributed by atoms with E-state index in [0.717, 1.165) is 24.3 Å². The molecule has 3 nitrogen and oxygen atoms in total. The van der Waals surface area contributed by atoms with Crippen LogP contribution < -0.4 is 4.74 Å². The quantitative estimate of drug-likeness (QED) is 0.537. The number of rotatable bonds is 11. The van der Waals surface area contributed by atoms with Gasteiger partial charge in [0.1, 0.15) is 0 Å². The molecule has 1 aromatic rings. The average molecular weight is 332 g/mol. The lowest BCUT2D eigenvalue weighted by molar-refractivity contribution is 0.0150. The number of methoxy groups -OCH3 is 1. The van der Waals surface area contributed by atoms with Gasteiger partial charge in [-0.3, -0.25) is 0 Å². The molecule has 0 amide bonds. The van der Waals surface area contributed by atoms with Crippen LogP contribution in [0, 0.1) is 5.92 Å². The average Bonchev–Trinajstić information content (AvgIpc) is 2.59. The van der Waals surface area contributed by atoms with Gasteiger partial charge in [-0.1, -0.05) is 51.0 Å². The van der Waals surface area contributed by atoms with E-state index in [1.54, 1.807) is 19.2 Å². The van der Waals surface area contributed by atoms with Crippen molar-refractivity contribution in [2.75, 3.05) is 13.7 Å². The van der Waals surface area contributed by atoms with E-state index in [1.807, 2.05) is 24.3 Å². The van der Waals surface area contributed by atoms with Crippen molar-refractivity contribution in [3.8, 4) is 11.5 Å². The van der Waals surface area contributed by atoms with Crippen LogP contribution in [0.5, 0.6) is 11.5 Å². The highest BCUT2D eigenvalue weighted by Gasteiger charge is 2.20. The van der Waals surface area contributed by atoms with E-state index in [4.69, 9.17) is 9.47 Å². The van der Waals surface area contributed by atoms with E-state index in [-0.39, 0.29) is 11.4 Å². The zero-order valence-corrected chi connectivity index (χ0v) is 15.5. The van der Waals surface area contributed by atoms with Gasteiger partial charge >= 0.3 is 0 Å². The number of aromatic hydroxyl groups is 1. The molecule has 1 rings (SSSR count). The summed E-state index contributed by atoms with van der Waals surface area (Å²) in [6, 6.07) is 5.26. The Morgan fingerprint density at radius 1 is 1.38 bits per heavy atom.